The number of rotatable bonds is 7. The van der Waals surface area contributed by atoms with Crippen LogP contribution in [0.25, 0.3) is 0 Å². The molecule has 1 aromatic rings. The number of hydrogen-bond donors (Lipinski definition) is 0. The van der Waals surface area contributed by atoms with Gasteiger partial charge in [-0.2, -0.15) is 0 Å². The first-order chi connectivity index (χ1) is 10.1. The Balaban J connectivity index is 1.98. The summed E-state index contributed by atoms with van der Waals surface area (Å²) in [7, 11) is 2.01. The second-order valence-corrected chi connectivity index (χ2v) is 4.96. The lowest BCUT2D eigenvalue weighted by molar-refractivity contribution is -0.757. The Hall–Kier alpha value is -1.70. The van der Waals surface area contributed by atoms with Crippen LogP contribution in [0, 0.1) is 10.1 Å². The predicted molar refractivity (Wildman–Crippen MR) is 75.1 cm³/mol. The molecule has 1 aliphatic rings. The van der Waals surface area contributed by atoms with Crippen molar-refractivity contribution in [1.82, 2.24) is 4.90 Å². The smallest absolute Gasteiger partial charge is 0.294 e. The topological polar surface area (TPSA) is 74.1 Å². The molecule has 1 heterocycles. The molecule has 1 atom stereocenters. The van der Waals surface area contributed by atoms with Crippen LogP contribution >= 0.6 is 0 Å². The molecule has 21 heavy (non-hydrogen) atoms. The largest absolute Gasteiger partial charge is 0.345 e. The van der Waals surface area contributed by atoms with Gasteiger partial charge in [0.05, 0.1) is 26.4 Å². The highest BCUT2D eigenvalue weighted by Gasteiger charge is 2.38. The van der Waals surface area contributed by atoms with Crippen LogP contribution in [0.5, 0.6) is 0 Å². The maximum atomic E-state index is 10.1. The summed E-state index contributed by atoms with van der Waals surface area (Å²) in [6.07, 6.45) is 0.433. The van der Waals surface area contributed by atoms with Crippen LogP contribution < -0.4 is 0 Å². The van der Waals surface area contributed by atoms with E-state index in [1.807, 2.05) is 37.4 Å². The average Bonchev–Trinajstić information content (AvgIpc) is 2.47. The Morgan fingerprint density at radius 3 is 2.81 bits per heavy atom. The quantitative estimate of drug-likeness (QED) is 0.430. The van der Waals surface area contributed by atoms with Gasteiger partial charge in [-0.25, -0.2) is 0 Å². The van der Waals surface area contributed by atoms with Crippen molar-refractivity contribution >= 4 is 0 Å². The Kier molecular flexibility index (Phi) is 5.49. The Bertz CT molecular complexity index is 456. The molecule has 0 aromatic heterocycles. The van der Waals surface area contributed by atoms with Crippen LogP contribution in [0.1, 0.15) is 12.0 Å². The van der Waals surface area contributed by atoms with Crippen molar-refractivity contribution in [3.8, 4) is 0 Å². The van der Waals surface area contributed by atoms with Gasteiger partial charge in [-0.15, -0.1) is 10.1 Å². The van der Waals surface area contributed by atoms with Gasteiger partial charge in [0, 0.05) is 12.1 Å². The minimum absolute atomic E-state index is 0.0215. The number of benzene rings is 1. The summed E-state index contributed by atoms with van der Waals surface area (Å²) in [5.41, 5.74) is 0.951. The molecule has 1 saturated heterocycles. The number of nitrogens with zero attached hydrogens (tertiary/aromatic N) is 2. The van der Waals surface area contributed by atoms with E-state index >= 15 is 0 Å². The summed E-state index contributed by atoms with van der Waals surface area (Å²) in [5.74, 6) is -0.817. The van der Waals surface area contributed by atoms with Gasteiger partial charge in [-0.05, 0) is 13.5 Å². The monoisotopic (exact) mass is 296 g/mol. The zero-order valence-corrected chi connectivity index (χ0v) is 12.1. The second kappa shape index (κ2) is 7.35. The average molecular weight is 296 g/mol. The molecule has 1 aliphatic heterocycles. The third-order valence-electron chi connectivity index (χ3n) is 3.32. The molecule has 0 aliphatic carbocycles. The van der Waals surface area contributed by atoms with Gasteiger partial charge in [0.1, 0.15) is 0 Å². The summed E-state index contributed by atoms with van der Waals surface area (Å²) >= 11 is 0. The third kappa shape index (κ3) is 4.38. The molecule has 0 spiro atoms. The van der Waals surface area contributed by atoms with E-state index in [1.54, 1.807) is 0 Å². The number of ether oxygens (including phenoxy) is 2. The zero-order chi connectivity index (χ0) is 15.1. The van der Waals surface area contributed by atoms with Crippen molar-refractivity contribution in [2.75, 3.05) is 40.0 Å². The van der Waals surface area contributed by atoms with Crippen LogP contribution in [-0.4, -0.2) is 49.9 Å². The van der Waals surface area contributed by atoms with Crippen molar-refractivity contribution in [3.05, 3.63) is 46.0 Å². The maximum Gasteiger partial charge on any atom is 0.294 e. The van der Waals surface area contributed by atoms with Crippen molar-refractivity contribution in [2.24, 2.45) is 0 Å². The van der Waals surface area contributed by atoms with Crippen LogP contribution in [0.15, 0.2) is 30.3 Å². The van der Waals surface area contributed by atoms with E-state index in [1.165, 1.54) is 0 Å². The zero-order valence-electron chi connectivity index (χ0n) is 12.1. The molecule has 7 heteroatoms. The molecule has 1 fully saturated rings. The van der Waals surface area contributed by atoms with Gasteiger partial charge < -0.3 is 14.3 Å². The van der Waals surface area contributed by atoms with E-state index in [-0.39, 0.29) is 6.61 Å². The molecule has 0 saturated carbocycles. The van der Waals surface area contributed by atoms with Crippen LogP contribution in [0.3, 0.4) is 0 Å². The first-order valence-corrected chi connectivity index (χ1v) is 6.92. The first kappa shape index (κ1) is 15.7. The van der Waals surface area contributed by atoms with Gasteiger partial charge in [0.2, 0.25) is 5.79 Å². The van der Waals surface area contributed by atoms with Gasteiger partial charge in [-0.1, -0.05) is 30.3 Å². The molecule has 0 radical (unpaired) electrons. The number of morpholine rings is 1. The Labute approximate surface area is 123 Å². The molecule has 2 rings (SSSR count). The molecule has 0 N–H and O–H groups in total. The fourth-order valence-electron chi connectivity index (χ4n) is 2.32. The lowest BCUT2D eigenvalue weighted by Gasteiger charge is -2.41. The maximum absolute atomic E-state index is 10.1. The molecule has 116 valence electrons. The minimum Gasteiger partial charge on any atom is -0.345 e. The van der Waals surface area contributed by atoms with Crippen molar-refractivity contribution < 1.29 is 19.4 Å². The highest BCUT2D eigenvalue weighted by molar-refractivity contribution is 5.21. The van der Waals surface area contributed by atoms with E-state index in [2.05, 4.69) is 9.74 Å². The summed E-state index contributed by atoms with van der Waals surface area (Å²) in [4.78, 5) is 16.5. The Morgan fingerprint density at radius 1 is 1.38 bits per heavy atom. The molecule has 1 unspecified atom stereocenters. The normalized spacial score (nSPS) is 22.9. The fourth-order valence-corrected chi connectivity index (χ4v) is 2.32. The lowest BCUT2D eigenvalue weighted by Crippen LogP contribution is -2.50. The molecule has 7 nitrogen and oxygen atoms in total. The Morgan fingerprint density at radius 2 is 2.14 bits per heavy atom. The highest BCUT2D eigenvalue weighted by Crippen LogP contribution is 2.31. The molecule has 0 amide bonds. The van der Waals surface area contributed by atoms with Gasteiger partial charge in [-0.3, -0.25) is 4.90 Å². The molecule has 0 bridgehead atoms. The van der Waals surface area contributed by atoms with E-state index in [4.69, 9.17) is 9.47 Å². The van der Waals surface area contributed by atoms with Crippen LogP contribution in [-0.2, 0) is 20.1 Å². The molecular weight excluding hydrogens is 276 g/mol. The van der Waals surface area contributed by atoms with Crippen molar-refractivity contribution in [2.45, 2.75) is 12.2 Å². The standard InChI is InChI=1S/C14H20N2O5/c1-15-8-11-20-14(12-15,13-6-3-2-4-7-13)19-9-5-10-21-16(17)18/h2-4,6-7H,5,8-12H2,1H3. The van der Waals surface area contributed by atoms with E-state index in [0.717, 1.165) is 12.1 Å². The van der Waals surface area contributed by atoms with Gasteiger partial charge in [0.15, 0.2) is 0 Å². The van der Waals surface area contributed by atoms with Crippen LogP contribution in [0.2, 0.25) is 0 Å². The highest BCUT2D eigenvalue weighted by atomic mass is 16.9. The molecule has 1 aromatic carbocycles. The summed E-state index contributed by atoms with van der Waals surface area (Å²) in [5, 5.41) is 9.31. The van der Waals surface area contributed by atoms with Crippen molar-refractivity contribution in [3.63, 3.8) is 0 Å². The van der Waals surface area contributed by atoms with E-state index in [0.29, 0.717) is 26.2 Å². The summed E-state index contributed by atoms with van der Waals surface area (Å²) in [6, 6.07) is 9.75. The van der Waals surface area contributed by atoms with Gasteiger partial charge in [0.25, 0.3) is 5.09 Å². The van der Waals surface area contributed by atoms with Crippen molar-refractivity contribution in [1.29, 1.82) is 0 Å². The summed E-state index contributed by atoms with van der Waals surface area (Å²) in [6.45, 7) is 2.40. The van der Waals surface area contributed by atoms with E-state index < -0.39 is 10.9 Å². The predicted octanol–water partition coefficient (Wildman–Crippen LogP) is 1.42. The fraction of sp³-hybridized carbons (Fsp3) is 0.571. The SMILES string of the molecule is CN1CCOC(OCCCO[N+](=O)[O-])(c2ccccc2)C1. The lowest BCUT2D eigenvalue weighted by atomic mass is 10.0. The second-order valence-electron chi connectivity index (χ2n) is 4.96. The molecular formula is C14H20N2O5. The number of hydrogen-bond acceptors (Lipinski definition) is 6. The van der Waals surface area contributed by atoms with E-state index in [9.17, 15) is 10.1 Å². The summed E-state index contributed by atoms with van der Waals surface area (Å²) < 4.78 is 11.9. The first-order valence-electron chi connectivity index (χ1n) is 6.92. The third-order valence-corrected chi connectivity index (χ3v) is 3.32. The minimum atomic E-state index is -0.817. The van der Waals surface area contributed by atoms with Gasteiger partial charge >= 0.3 is 0 Å². The van der Waals surface area contributed by atoms with Crippen LogP contribution in [0.4, 0.5) is 0 Å². The number of likely N-dealkylation sites (N-methyl/N-ethyl adjacent to an activating group) is 1.